The van der Waals surface area contributed by atoms with Gasteiger partial charge in [-0.05, 0) is 97.7 Å². The van der Waals surface area contributed by atoms with Gasteiger partial charge in [-0.3, -0.25) is 0 Å². The molecule has 146 valence electrons. The average Bonchev–Trinajstić information content (AvgIpc) is 2.77. The summed E-state index contributed by atoms with van der Waals surface area (Å²) in [4.78, 5) is 0. The fourth-order valence-electron chi connectivity index (χ4n) is 6.97. The Balaban J connectivity index is 0.000000146. The lowest BCUT2D eigenvalue weighted by Gasteiger charge is -2.55. The Hall–Kier alpha value is 0. The number of hydrogen-bond donors (Lipinski definition) is 0. The molecule has 2 spiro atoms. The second-order valence-corrected chi connectivity index (χ2v) is 13.1. The zero-order valence-electron chi connectivity index (χ0n) is 18.3. The third-order valence-electron chi connectivity index (χ3n) is 7.77. The van der Waals surface area contributed by atoms with E-state index in [-0.39, 0.29) is 0 Å². The van der Waals surface area contributed by atoms with Crippen LogP contribution in [-0.4, -0.2) is 0 Å². The quantitative estimate of drug-likeness (QED) is 0.471. The molecular weight excluding hydrogens is 300 g/mol. The van der Waals surface area contributed by atoms with Crippen LogP contribution in [0.25, 0.3) is 0 Å². The van der Waals surface area contributed by atoms with Crippen molar-refractivity contribution in [1.29, 1.82) is 0 Å². The van der Waals surface area contributed by atoms with Gasteiger partial charge < -0.3 is 0 Å². The van der Waals surface area contributed by atoms with Gasteiger partial charge in [-0.15, -0.1) is 0 Å². The summed E-state index contributed by atoms with van der Waals surface area (Å²) in [6.45, 7) is 14.3. The van der Waals surface area contributed by atoms with E-state index in [4.69, 9.17) is 0 Å². The lowest BCUT2D eigenvalue weighted by atomic mass is 9.50. The molecule has 0 atom stereocenters. The molecule has 0 heteroatoms. The maximum atomic E-state index is 2.38. The molecule has 0 nitrogen and oxygen atoms in total. The van der Waals surface area contributed by atoms with E-state index in [0.717, 1.165) is 22.7 Å². The zero-order chi connectivity index (χ0) is 18.3. The van der Waals surface area contributed by atoms with E-state index in [1.165, 1.54) is 32.1 Å². The van der Waals surface area contributed by atoms with E-state index in [1.54, 1.807) is 51.4 Å². The Morgan fingerprint density at radius 1 is 0.560 bits per heavy atom. The van der Waals surface area contributed by atoms with Crippen molar-refractivity contribution in [1.82, 2.24) is 0 Å². The first-order valence-corrected chi connectivity index (χ1v) is 11.5. The topological polar surface area (TPSA) is 0 Å². The molecule has 0 aromatic rings. The van der Waals surface area contributed by atoms with Crippen molar-refractivity contribution in [3.8, 4) is 0 Å². The summed E-state index contributed by atoms with van der Waals surface area (Å²) in [5.41, 5.74) is 2.87. The van der Waals surface area contributed by atoms with Crippen molar-refractivity contribution in [2.45, 2.75) is 125 Å². The maximum Gasteiger partial charge on any atom is -0.0292 e. The molecule has 0 bridgehead atoms. The van der Waals surface area contributed by atoms with Gasteiger partial charge in [0.25, 0.3) is 0 Å². The molecule has 4 aliphatic carbocycles. The minimum Gasteiger partial charge on any atom is -0.0602 e. The molecule has 0 aromatic heterocycles. The summed E-state index contributed by atoms with van der Waals surface area (Å²) in [6, 6.07) is 0. The minimum absolute atomic E-state index is 0.560. The van der Waals surface area contributed by atoms with Gasteiger partial charge in [0, 0.05) is 0 Å². The Morgan fingerprint density at radius 3 is 1.12 bits per heavy atom. The fraction of sp³-hybridized carbons (Fsp3) is 1.00. The van der Waals surface area contributed by atoms with Crippen LogP contribution < -0.4 is 0 Å². The maximum absolute atomic E-state index is 2.38. The van der Waals surface area contributed by atoms with E-state index < -0.39 is 0 Å². The van der Waals surface area contributed by atoms with Crippen LogP contribution in [0, 0.1) is 33.5 Å². The van der Waals surface area contributed by atoms with Crippen molar-refractivity contribution in [2.75, 3.05) is 0 Å². The van der Waals surface area contributed by atoms with E-state index in [2.05, 4.69) is 41.5 Å². The third kappa shape index (κ3) is 5.26. The molecule has 0 unspecified atom stereocenters. The van der Waals surface area contributed by atoms with Crippen LogP contribution in [0.15, 0.2) is 0 Å². The third-order valence-corrected chi connectivity index (χ3v) is 7.77. The summed E-state index contributed by atoms with van der Waals surface area (Å²) in [6.07, 6.45) is 19.9. The Labute approximate surface area is 158 Å². The second kappa shape index (κ2) is 6.87. The van der Waals surface area contributed by atoms with Crippen molar-refractivity contribution in [3.05, 3.63) is 0 Å². The van der Waals surface area contributed by atoms with Crippen LogP contribution in [-0.2, 0) is 0 Å². The highest BCUT2D eigenvalue weighted by Gasteiger charge is 2.48. The van der Waals surface area contributed by atoms with Crippen LogP contribution in [0.3, 0.4) is 0 Å². The second-order valence-electron chi connectivity index (χ2n) is 13.1. The molecule has 0 radical (unpaired) electrons. The smallest absolute Gasteiger partial charge is 0.0292 e. The molecular formula is C25H46. The van der Waals surface area contributed by atoms with Gasteiger partial charge in [-0.1, -0.05) is 60.8 Å². The van der Waals surface area contributed by atoms with E-state index in [0.29, 0.717) is 10.8 Å². The minimum atomic E-state index is 0.560. The van der Waals surface area contributed by atoms with E-state index >= 15 is 0 Å². The Kier molecular flexibility index (Phi) is 5.43. The normalized spacial score (nSPS) is 30.2. The molecule has 0 heterocycles. The first kappa shape index (κ1) is 19.8. The van der Waals surface area contributed by atoms with Gasteiger partial charge in [-0.25, -0.2) is 0 Å². The van der Waals surface area contributed by atoms with Crippen molar-refractivity contribution >= 4 is 0 Å². The molecule has 0 aromatic carbocycles. The Morgan fingerprint density at radius 2 is 0.880 bits per heavy atom. The van der Waals surface area contributed by atoms with E-state index in [1.807, 2.05) is 0 Å². The van der Waals surface area contributed by atoms with Gasteiger partial charge >= 0.3 is 0 Å². The molecule has 0 saturated heterocycles. The lowest BCUT2D eigenvalue weighted by Crippen LogP contribution is -2.43. The molecule has 0 N–H and O–H groups in total. The summed E-state index contributed by atoms with van der Waals surface area (Å²) >= 11 is 0. The van der Waals surface area contributed by atoms with Crippen LogP contribution in [0.2, 0.25) is 0 Å². The SMILES string of the molecule is CC(C)(C)CC1CC2(CCC2)C1.CC(C)(C)CC1CC2(CCCC2)C1. The summed E-state index contributed by atoms with van der Waals surface area (Å²) in [5, 5.41) is 0. The highest BCUT2D eigenvalue weighted by molar-refractivity contribution is 4.99. The average molecular weight is 347 g/mol. The van der Waals surface area contributed by atoms with Gasteiger partial charge in [0.15, 0.2) is 0 Å². The van der Waals surface area contributed by atoms with Gasteiger partial charge in [0.05, 0.1) is 0 Å². The molecule has 0 aliphatic heterocycles. The first-order chi connectivity index (χ1) is 11.5. The lowest BCUT2D eigenvalue weighted by molar-refractivity contribution is -0.0393. The van der Waals surface area contributed by atoms with Crippen LogP contribution in [0.4, 0.5) is 0 Å². The fourth-order valence-corrected chi connectivity index (χ4v) is 6.97. The molecule has 4 rings (SSSR count). The van der Waals surface area contributed by atoms with E-state index in [9.17, 15) is 0 Å². The molecule has 4 saturated carbocycles. The monoisotopic (exact) mass is 346 g/mol. The molecule has 25 heavy (non-hydrogen) atoms. The van der Waals surface area contributed by atoms with Gasteiger partial charge in [-0.2, -0.15) is 0 Å². The van der Waals surface area contributed by atoms with Crippen molar-refractivity contribution < 1.29 is 0 Å². The summed E-state index contributed by atoms with van der Waals surface area (Å²) in [5.74, 6) is 2.14. The van der Waals surface area contributed by atoms with Gasteiger partial charge in [0.2, 0.25) is 0 Å². The van der Waals surface area contributed by atoms with Gasteiger partial charge in [0.1, 0.15) is 0 Å². The Bertz CT molecular complexity index is 418. The predicted molar refractivity (Wildman–Crippen MR) is 111 cm³/mol. The molecule has 4 aliphatic rings. The summed E-state index contributed by atoms with van der Waals surface area (Å²) < 4.78 is 0. The highest BCUT2D eigenvalue weighted by atomic mass is 14.5. The zero-order valence-corrected chi connectivity index (χ0v) is 18.3. The molecule has 0 amide bonds. The molecule has 4 fully saturated rings. The van der Waals surface area contributed by atoms with Crippen molar-refractivity contribution in [2.24, 2.45) is 33.5 Å². The predicted octanol–water partition coefficient (Wildman–Crippen LogP) is 8.40. The highest BCUT2D eigenvalue weighted by Crippen LogP contribution is 2.60. The number of rotatable bonds is 2. The first-order valence-electron chi connectivity index (χ1n) is 11.5. The van der Waals surface area contributed by atoms with Crippen LogP contribution in [0.1, 0.15) is 125 Å². The van der Waals surface area contributed by atoms with Crippen LogP contribution in [0.5, 0.6) is 0 Å². The van der Waals surface area contributed by atoms with Crippen molar-refractivity contribution in [3.63, 3.8) is 0 Å². The largest absolute Gasteiger partial charge is 0.0602 e. The standard InChI is InChI=1S/C13H24.C12H22/c1-12(2,3)8-11-9-13(10-11)6-4-5-7-13;1-11(2,3)7-10-8-12(9-10)5-4-6-12/h11H,4-10H2,1-3H3;10H,4-9H2,1-3H3. The number of hydrogen-bond acceptors (Lipinski definition) is 0. The summed E-state index contributed by atoms with van der Waals surface area (Å²) in [7, 11) is 0. The van der Waals surface area contributed by atoms with Crippen LogP contribution >= 0.6 is 0 Å².